The fourth-order valence-electron chi connectivity index (χ4n) is 1.17. The Labute approximate surface area is 77.2 Å². The highest BCUT2D eigenvalue weighted by atomic mass is 16.6. The van der Waals surface area contributed by atoms with Crippen LogP contribution in [-0.2, 0) is 9.53 Å². The molecule has 0 unspecified atom stereocenters. The molecular formula is C9H13NO3. The monoisotopic (exact) mass is 183 g/mol. The van der Waals surface area contributed by atoms with Crippen LogP contribution in [0.2, 0.25) is 0 Å². The van der Waals surface area contributed by atoms with E-state index in [1.165, 1.54) is 6.08 Å². The van der Waals surface area contributed by atoms with Gasteiger partial charge in [-0.05, 0) is 26.8 Å². The van der Waals surface area contributed by atoms with E-state index in [0.717, 1.165) is 4.90 Å². The quantitative estimate of drug-likeness (QED) is 0.576. The summed E-state index contributed by atoms with van der Waals surface area (Å²) < 4.78 is 4.96. The molecule has 0 aromatic rings. The molecule has 1 saturated heterocycles. The van der Waals surface area contributed by atoms with Crippen LogP contribution in [0.5, 0.6) is 0 Å². The van der Waals surface area contributed by atoms with Gasteiger partial charge >= 0.3 is 6.09 Å². The van der Waals surface area contributed by atoms with Crippen molar-refractivity contribution >= 4 is 12.0 Å². The highest BCUT2D eigenvalue weighted by molar-refractivity contribution is 5.99. The molecule has 0 saturated carbocycles. The first-order chi connectivity index (χ1) is 5.96. The van der Waals surface area contributed by atoms with Gasteiger partial charge in [-0.3, -0.25) is 4.79 Å². The lowest BCUT2D eigenvalue weighted by Gasteiger charge is -2.13. The molecule has 0 atom stereocenters. The van der Waals surface area contributed by atoms with E-state index in [-0.39, 0.29) is 5.91 Å². The first-order valence-electron chi connectivity index (χ1n) is 4.13. The van der Waals surface area contributed by atoms with Gasteiger partial charge < -0.3 is 4.74 Å². The normalized spacial score (nSPS) is 20.8. The van der Waals surface area contributed by atoms with Crippen LogP contribution in [0.25, 0.3) is 0 Å². The van der Waals surface area contributed by atoms with E-state index < -0.39 is 11.7 Å². The van der Waals surface area contributed by atoms with Crippen molar-refractivity contribution in [3.05, 3.63) is 12.2 Å². The summed E-state index contributed by atoms with van der Waals surface area (Å²) in [6.45, 7) is 5.58. The van der Waals surface area contributed by atoms with Gasteiger partial charge in [0.1, 0.15) is 5.60 Å². The van der Waals surface area contributed by atoms with Crippen molar-refractivity contribution in [2.75, 3.05) is 6.54 Å². The van der Waals surface area contributed by atoms with Gasteiger partial charge in [-0.1, -0.05) is 6.08 Å². The molecule has 0 spiro atoms. The minimum atomic E-state index is -0.562. The zero-order valence-electron chi connectivity index (χ0n) is 8.03. The van der Waals surface area contributed by atoms with Gasteiger partial charge in [-0.2, -0.15) is 0 Å². The number of cyclic esters (lactones) is 1. The minimum absolute atomic E-state index is 0.314. The molecule has 4 heteroatoms. The van der Waals surface area contributed by atoms with Crippen molar-refractivity contribution in [2.45, 2.75) is 26.4 Å². The minimum Gasteiger partial charge on any atom is -0.441 e. The van der Waals surface area contributed by atoms with Gasteiger partial charge in [-0.25, -0.2) is 9.69 Å². The number of carbonyl (C=O) groups excluding carboxylic acids is 2. The zero-order chi connectivity index (χ0) is 10.1. The molecule has 0 bridgehead atoms. The number of imide groups is 1. The average molecular weight is 183 g/mol. The predicted octanol–water partition coefficient (Wildman–Crippen LogP) is 1.32. The van der Waals surface area contributed by atoms with Crippen molar-refractivity contribution in [3.63, 3.8) is 0 Å². The standard InChI is InChI=1S/C9H13NO3/c1-4-5-7(11)10-6-9(2,3)13-8(10)12/h4-5H,6H2,1-3H3. The lowest BCUT2D eigenvalue weighted by molar-refractivity contribution is -0.122. The molecule has 72 valence electrons. The van der Waals surface area contributed by atoms with E-state index in [0.29, 0.717) is 6.54 Å². The summed E-state index contributed by atoms with van der Waals surface area (Å²) in [6, 6.07) is 0. The van der Waals surface area contributed by atoms with Gasteiger partial charge in [0.05, 0.1) is 6.54 Å². The maximum atomic E-state index is 11.3. The number of ether oxygens (including phenoxy) is 1. The Morgan fingerprint density at radius 1 is 1.62 bits per heavy atom. The fourth-order valence-corrected chi connectivity index (χ4v) is 1.17. The van der Waals surface area contributed by atoms with Crippen molar-refractivity contribution in [2.24, 2.45) is 0 Å². The van der Waals surface area contributed by atoms with Crippen LogP contribution >= 0.6 is 0 Å². The fraction of sp³-hybridized carbons (Fsp3) is 0.556. The Hall–Kier alpha value is -1.32. The lowest BCUT2D eigenvalue weighted by atomic mass is 10.1. The second-order valence-corrected chi connectivity index (χ2v) is 3.55. The van der Waals surface area contributed by atoms with Crippen LogP contribution in [0.3, 0.4) is 0 Å². The van der Waals surface area contributed by atoms with E-state index in [9.17, 15) is 9.59 Å². The largest absolute Gasteiger partial charge is 0.441 e. The summed E-state index contributed by atoms with van der Waals surface area (Å²) in [5, 5.41) is 0. The number of nitrogens with zero attached hydrogens (tertiary/aromatic N) is 1. The second-order valence-electron chi connectivity index (χ2n) is 3.55. The Kier molecular flexibility index (Phi) is 2.40. The Morgan fingerprint density at radius 2 is 2.23 bits per heavy atom. The molecule has 1 aliphatic rings. The number of allylic oxidation sites excluding steroid dienone is 1. The number of amides is 2. The van der Waals surface area contributed by atoms with Crippen molar-refractivity contribution in [1.29, 1.82) is 0 Å². The molecule has 4 nitrogen and oxygen atoms in total. The molecule has 13 heavy (non-hydrogen) atoms. The van der Waals surface area contributed by atoms with E-state index in [1.807, 2.05) is 0 Å². The van der Waals surface area contributed by atoms with Gasteiger partial charge in [0.2, 0.25) is 0 Å². The summed E-state index contributed by atoms with van der Waals surface area (Å²) in [7, 11) is 0. The Balaban J connectivity index is 2.74. The number of rotatable bonds is 1. The first-order valence-corrected chi connectivity index (χ1v) is 4.13. The topological polar surface area (TPSA) is 46.6 Å². The molecule has 0 radical (unpaired) electrons. The number of carbonyl (C=O) groups is 2. The summed E-state index contributed by atoms with van der Waals surface area (Å²) in [4.78, 5) is 23.5. The molecule has 0 aromatic carbocycles. The van der Waals surface area contributed by atoms with Crippen LogP contribution in [0.15, 0.2) is 12.2 Å². The van der Waals surface area contributed by atoms with Crippen molar-refractivity contribution < 1.29 is 14.3 Å². The average Bonchev–Trinajstić information content (AvgIpc) is 2.25. The molecule has 1 rings (SSSR count). The van der Waals surface area contributed by atoms with Crippen LogP contribution in [0, 0.1) is 0 Å². The maximum absolute atomic E-state index is 11.3. The highest BCUT2D eigenvalue weighted by Crippen LogP contribution is 2.21. The highest BCUT2D eigenvalue weighted by Gasteiger charge is 2.40. The Bertz CT molecular complexity index is 268. The molecule has 0 aromatic heterocycles. The predicted molar refractivity (Wildman–Crippen MR) is 47.1 cm³/mol. The molecule has 1 heterocycles. The summed E-state index contributed by atoms with van der Waals surface area (Å²) >= 11 is 0. The van der Waals surface area contributed by atoms with E-state index >= 15 is 0 Å². The third kappa shape index (κ3) is 2.08. The molecule has 0 N–H and O–H groups in total. The summed E-state index contributed by atoms with van der Waals surface area (Å²) in [6.07, 6.45) is 2.39. The van der Waals surface area contributed by atoms with Gasteiger partial charge in [0.15, 0.2) is 0 Å². The van der Waals surface area contributed by atoms with Crippen LogP contribution < -0.4 is 0 Å². The summed E-state index contributed by atoms with van der Waals surface area (Å²) in [5.41, 5.74) is -0.561. The maximum Gasteiger partial charge on any atom is 0.417 e. The smallest absolute Gasteiger partial charge is 0.417 e. The van der Waals surface area contributed by atoms with Crippen LogP contribution in [-0.4, -0.2) is 29.0 Å². The van der Waals surface area contributed by atoms with Gasteiger partial charge in [0, 0.05) is 0 Å². The molecular weight excluding hydrogens is 170 g/mol. The molecule has 1 aliphatic heterocycles. The zero-order valence-corrected chi connectivity index (χ0v) is 8.03. The van der Waals surface area contributed by atoms with E-state index in [4.69, 9.17) is 4.74 Å². The second kappa shape index (κ2) is 3.20. The summed E-state index contributed by atoms with van der Waals surface area (Å²) in [5.74, 6) is -0.321. The van der Waals surface area contributed by atoms with Gasteiger partial charge in [0.25, 0.3) is 5.91 Å². The molecule has 1 fully saturated rings. The van der Waals surface area contributed by atoms with Crippen molar-refractivity contribution in [3.8, 4) is 0 Å². The van der Waals surface area contributed by atoms with Crippen LogP contribution in [0.1, 0.15) is 20.8 Å². The van der Waals surface area contributed by atoms with E-state index in [1.54, 1.807) is 26.8 Å². The van der Waals surface area contributed by atoms with Gasteiger partial charge in [-0.15, -0.1) is 0 Å². The third-order valence-electron chi connectivity index (χ3n) is 1.70. The molecule has 0 aliphatic carbocycles. The first kappa shape index (κ1) is 9.77. The van der Waals surface area contributed by atoms with Crippen LogP contribution in [0.4, 0.5) is 4.79 Å². The van der Waals surface area contributed by atoms with Crippen molar-refractivity contribution in [1.82, 2.24) is 4.90 Å². The Morgan fingerprint density at radius 3 is 2.62 bits per heavy atom. The SMILES string of the molecule is CC=CC(=O)N1CC(C)(C)OC1=O. The third-order valence-corrected chi connectivity index (χ3v) is 1.70. The van der Waals surface area contributed by atoms with E-state index in [2.05, 4.69) is 0 Å². The number of hydrogen-bond acceptors (Lipinski definition) is 3. The molecule has 2 amide bonds. The lowest BCUT2D eigenvalue weighted by Crippen LogP contribution is -2.32. The number of hydrogen-bond donors (Lipinski definition) is 0.